The number of carboxylic acid groups (broad SMARTS) is 1. The number of rotatable bonds is 4. The van der Waals surface area contributed by atoms with E-state index in [0.717, 1.165) is 23.5 Å². The minimum Gasteiger partial charge on any atom is -0.465 e. The summed E-state index contributed by atoms with van der Waals surface area (Å²) < 4.78 is 4.18. The highest BCUT2D eigenvalue weighted by Crippen LogP contribution is 2.23. The third kappa shape index (κ3) is 4.13. The number of carbonyl (C=O) groups is 1. The molecule has 1 aliphatic heterocycles. The quantitative estimate of drug-likeness (QED) is 0.759. The summed E-state index contributed by atoms with van der Waals surface area (Å²) in [7, 11) is 0. The summed E-state index contributed by atoms with van der Waals surface area (Å²) in [5.74, 6) is 0.849. The molecule has 0 spiro atoms. The van der Waals surface area contributed by atoms with Crippen molar-refractivity contribution in [1.82, 2.24) is 19.2 Å². The Bertz CT molecular complexity index is 816. The van der Waals surface area contributed by atoms with Crippen LogP contribution in [0.3, 0.4) is 0 Å². The van der Waals surface area contributed by atoms with Crippen LogP contribution in [0.4, 0.5) is 21.4 Å². The average molecular weight is 359 g/mol. The molecule has 3 heterocycles. The Morgan fingerprint density at radius 1 is 1.56 bits per heavy atom. The first-order valence-corrected chi connectivity index (χ1v) is 8.54. The summed E-state index contributed by atoms with van der Waals surface area (Å²) in [5, 5.41) is 25.4. The molecule has 0 saturated carbocycles. The Balaban J connectivity index is 1.75. The van der Waals surface area contributed by atoms with Crippen molar-refractivity contribution in [1.29, 1.82) is 5.26 Å². The number of hydrogen-bond acceptors (Lipinski definition) is 8. The fraction of sp³-hybridized carbons (Fsp3) is 0.400. The maximum absolute atomic E-state index is 11.1. The van der Waals surface area contributed by atoms with Crippen molar-refractivity contribution in [2.24, 2.45) is 0 Å². The Hall–Kier alpha value is -2.93. The van der Waals surface area contributed by atoms with Gasteiger partial charge in [0.25, 0.3) is 0 Å². The van der Waals surface area contributed by atoms with Crippen molar-refractivity contribution in [3.8, 4) is 6.07 Å². The van der Waals surface area contributed by atoms with Crippen molar-refractivity contribution in [3.63, 3.8) is 0 Å². The molecule has 1 amide bonds. The minimum atomic E-state index is -0.916. The second-order valence-corrected chi connectivity index (χ2v) is 6.54. The molecule has 1 aliphatic rings. The van der Waals surface area contributed by atoms with Crippen molar-refractivity contribution in [2.75, 3.05) is 23.7 Å². The van der Waals surface area contributed by atoms with Gasteiger partial charge in [0.15, 0.2) is 11.5 Å². The number of nitrogens with one attached hydrogen (secondary N) is 2. The van der Waals surface area contributed by atoms with E-state index in [2.05, 4.69) is 25.0 Å². The monoisotopic (exact) mass is 359 g/mol. The molecule has 0 radical (unpaired) electrons. The van der Waals surface area contributed by atoms with E-state index in [0.29, 0.717) is 24.7 Å². The molecule has 1 atom stereocenters. The van der Waals surface area contributed by atoms with Crippen molar-refractivity contribution < 1.29 is 9.90 Å². The molecular weight excluding hydrogens is 342 g/mol. The van der Waals surface area contributed by atoms with Gasteiger partial charge in [-0.3, -0.25) is 0 Å². The van der Waals surface area contributed by atoms with Crippen LogP contribution in [0, 0.1) is 18.3 Å². The van der Waals surface area contributed by atoms with E-state index in [1.165, 1.54) is 22.6 Å². The minimum absolute atomic E-state index is 0.0365. The number of likely N-dealkylation sites (tertiary alicyclic amines) is 1. The van der Waals surface area contributed by atoms with E-state index in [9.17, 15) is 10.1 Å². The third-order valence-corrected chi connectivity index (χ3v) is 4.59. The molecule has 3 rings (SSSR count). The number of aromatic nitrogens is 3. The summed E-state index contributed by atoms with van der Waals surface area (Å²) in [6.45, 7) is 2.83. The molecule has 0 unspecified atom stereocenters. The summed E-state index contributed by atoms with van der Waals surface area (Å²) in [6, 6.07) is 3.83. The second kappa shape index (κ2) is 7.31. The zero-order valence-corrected chi connectivity index (χ0v) is 14.4. The van der Waals surface area contributed by atoms with Gasteiger partial charge in [-0.05, 0) is 37.4 Å². The summed E-state index contributed by atoms with van der Waals surface area (Å²) in [6.07, 6.45) is 2.21. The van der Waals surface area contributed by atoms with Gasteiger partial charge in [-0.15, -0.1) is 0 Å². The van der Waals surface area contributed by atoms with Gasteiger partial charge in [-0.25, -0.2) is 14.8 Å². The van der Waals surface area contributed by atoms with Gasteiger partial charge in [0.1, 0.15) is 16.9 Å². The topological polar surface area (TPSA) is 127 Å². The molecule has 0 aliphatic carbocycles. The standard InChI is InChI=1S/C15H17N7O2S/c1-9-5-13(25-21-9)20-14-11(6-16)17-7-12(19-14)18-10-3-2-4-22(8-10)15(23)24/h5,7,10H,2-4,8H2,1H3,(H,23,24)(H2,18,19,20)/t10-/m0/s1. The van der Waals surface area contributed by atoms with Gasteiger partial charge in [0.05, 0.1) is 11.9 Å². The number of nitriles is 1. The van der Waals surface area contributed by atoms with Crippen LogP contribution >= 0.6 is 11.5 Å². The molecule has 3 N–H and O–H groups in total. The molecule has 130 valence electrons. The molecule has 2 aromatic rings. The Labute approximate surface area is 148 Å². The lowest BCUT2D eigenvalue weighted by Gasteiger charge is -2.31. The molecular formula is C15H17N7O2S. The summed E-state index contributed by atoms with van der Waals surface area (Å²) in [4.78, 5) is 21.0. The second-order valence-electron chi connectivity index (χ2n) is 5.73. The zero-order chi connectivity index (χ0) is 17.8. The lowest BCUT2D eigenvalue weighted by Crippen LogP contribution is -2.44. The maximum atomic E-state index is 11.1. The molecule has 9 nitrogen and oxygen atoms in total. The van der Waals surface area contributed by atoms with Crippen LogP contribution in [0.25, 0.3) is 0 Å². The Kier molecular flexibility index (Phi) is 4.95. The van der Waals surface area contributed by atoms with E-state index >= 15 is 0 Å². The molecule has 1 fully saturated rings. The SMILES string of the molecule is Cc1cc(Nc2nc(N[C@H]3CCCN(C(=O)O)C3)cnc2C#N)sn1. The van der Waals surface area contributed by atoms with Crippen LogP contribution in [0.5, 0.6) is 0 Å². The van der Waals surface area contributed by atoms with Gasteiger partial charge in [-0.2, -0.15) is 9.64 Å². The van der Waals surface area contributed by atoms with Crippen molar-refractivity contribution >= 4 is 34.3 Å². The van der Waals surface area contributed by atoms with E-state index in [4.69, 9.17) is 5.11 Å². The van der Waals surface area contributed by atoms with Crippen LogP contribution in [-0.4, -0.2) is 49.6 Å². The third-order valence-electron chi connectivity index (χ3n) is 3.79. The highest BCUT2D eigenvalue weighted by Gasteiger charge is 2.23. The molecule has 10 heteroatoms. The first-order chi connectivity index (χ1) is 12.0. The summed E-state index contributed by atoms with van der Waals surface area (Å²) in [5.41, 5.74) is 1.07. The molecule has 2 aromatic heterocycles. The lowest BCUT2D eigenvalue weighted by atomic mass is 10.1. The van der Waals surface area contributed by atoms with Gasteiger partial charge >= 0.3 is 6.09 Å². The van der Waals surface area contributed by atoms with Crippen LogP contribution in [-0.2, 0) is 0 Å². The van der Waals surface area contributed by atoms with Crippen molar-refractivity contribution in [2.45, 2.75) is 25.8 Å². The smallest absolute Gasteiger partial charge is 0.407 e. The van der Waals surface area contributed by atoms with Crippen LogP contribution in [0.1, 0.15) is 24.2 Å². The molecule has 0 bridgehead atoms. The highest BCUT2D eigenvalue weighted by atomic mass is 32.1. The van der Waals surface area contributed by atoms with Gasteiger partial charge in [0, 0.05) is 19.1 Å². The van der Waals surface area contributed by atoms with E-state index in [-0.39, 0.29) is 11.7 Å². The van der Waals surface area contributed by atoms with Gasteiger partial charge in [0.2, 0.25) is 0 Å². The van der Waals surface area contributed by atoms with E-state index in [1.54, 1.807) is 0 Å². The number of aryl methyl sites for hydroxylation is 1. The Morgan fingerprint density at radius 3 is 3.08 bits per heavy atom. The van der Waals surface area contributed by atoms with E-state index < -0.39 is 6.09 Å². The number of anilines is 3. The molecule has 0 aromatic carbocycles. The van der Waals surface area contributed by atoms with Crippen LogP contribution in [0.15, 0.2) is 12.3 Å². The first kappa shape index (κ1) is 16.9. The average Bonchev–Trinajstić information content (AvgIpc) is 3.00. The maximum Gasteiger partial charge on any atom is 0.407 e. The predicted molar refractivity (Wildman–Crippen MR) is 93.1 cm³/mol. The number of hydrogen-bond donors (Lipinski definition) is 3. The first-order valence-electron chi connectivity index (χ1n) is 7.77. The summed E-state index contributed by atoms with van der Waals surface area (Å²) >= 11 is 1.28. The number of piperidine rings is 1. The molecule has 25 heavy (non-hydrogen) atoms. The lowest BCUT2D eigenvalue weighted by molar-refractivity contribution is 0.133. The molecule has 1 saturated heterocycles. The van der Waals surface area contributed by atoms with Crippen molar-refractivity contribution in [3.05, 3.63) is 23.7 Å². The zero-order valence-electron chi connectivity index (χ0n) is 13.6. The number of nitrogens with zero attached hydrogens (tertiary/aromatic N) is 5. The predicted octanol–water partition coefficient (Wildman–Crippen LogP) is 2.41. The van der Waals surface area contributed by atoms with Gasteiger partial charge < -0.3 is 20.6 Å². The van der Waals surface area contributed by atoms with E-state index in [1.807, 2.05) is 19.1 Å². The van der Waals surface area contributed by atoms with Crippen LogP contribution in [0.2, 0.25) is 0 Å². The normalized spacial score (nSPS) is 17.0. The fourth-order valence-electron chi connectivity index (χ4n) is 2.64. The largest absolute Gasteiger partial charge is 0.465 e. The number of amides is 1. The highest BCUT2D eigenvalue weighted by molar-refractivity contribution is 7.10. The fourth-order valence-corrected chi connectivity index (χ4v) is 3.31. The van der Waals surface area contributed by atoms with Crippen LogP contribution < -0.4 is 10.6 Å². The Morgan fingerprint density at radius 2 is 2.40 bits per heavy atom. The van der Waals surface area contributed by atoms with Gasteiger partial charge in [-0.1, -0.05) is 0 Å².